The Bertz CT molecular complexity index is 469. The molecule has 0 aromatic carbocycles. The van der Waals surface area contributed by atoms with Crippen molar-refractivity contribution in [2.24, 2.45) is 5.92 Å². The van der Waals surface area contributed by atoms with Crippen LogP contribution in [0.2, 0.25) is 0 Å². The fraction of sp³-hybridized carbons (Fsp3) is 0.625. The summed E-state index contributed by atoms with van der Waals surface area (Å²) in [5.41, 5.74) is 0. The van der Waals surface area contributed by atoms with Crippen LogP contribution >= 0.6 is 0 Å². The van der Waals surface area contributed by atoms with Gasteiger partial charge in [-0.15, -0.1) is 9.35 Å². The number of amides is 2. The van der Waals surface area contributed by atoms with Crippen LogP contribution in [0.1, 0.15) is 12.8 Å². The van der Waals surface area contributed by atoms with Gasteiger partial charge in [0.05, 0.1) is 18.9 Å². The zero-order valence-corrected chi connectivity index (χ0v) is 9.92. The molecule has 0 aliphatic carbocycles. The summed E-state index contributed by atoms with van der Waals surface area (Å²) in [5, 5.41) is 17.0. The number of imide groups is 1. The highest BCUT2D eigenvalue weighted by molar-refractivity contribution is 7.86. The standard InChI is InChI=1S/C8H11NO8S/c10-1-2-18(15,16)17-9-6(11)3-5(8(9)14)4-7(12)13/h5,10H,1-4H2,(H,12,13). The van der Waals surface area contributed by atoms with Gasteiger partial charge in [0, 0.05) is 6.42 Å². The molecule has 1 aliphatic heterocycles. The summed E-state index contributed by atoms with van der Waals surface area (Å²) in [7, 11) is -4.25. The molecule has 1 rings (SSSR count). The van der Waals surface area contributed by atoms with Gasteiger partial charge in [-0.05, 0) is 0 Å². The molecule has 2 amide bonds. The van der Waals surface area contributed by atoms with Gasteiger partial charge < -0.3 is 10.2 Å². The summed E-state index contributed by atoms with van der Waals surface area (Å²) in [6, 6.07) is 0. The molecule has 1 atom stereocenters. The maximum absolute atomic E-state index is 11.5. The number of aliphatic carboxylic acids is 1. The molecule has 0 spiro atoms. The first-order valence-electron chi connectivity index (χ1n) is 4.88. The Labute approximate surface area is 102 Å². The van der Waals surface area contributed by atoms with Gasteiger partial charge in [-0.1, -0.05) is 0 Å². The van der Waals surface area contributed by atoms with E-state index in [0.717, 1.165) is 0 Å². The number of carbonyl (C=O) groups excluding carboxylic acids is 2. The van der Waals surface area contributed by atoms with Crippen LogP contribution in [-0.2, 0) is 28.8 Å². The summed E-state index contributed by atoms with van der Waals surface area (Å²) in [4.78, 5) is 33.3. The number of aliphatic hydroxyl groups is 1. The number of nitrogens with zero attached hydrogens (tertiary/aromatic N) is 1. The van der Waals surface area contributed by atoms with E-state index in [4.69, 9.17) is 10.2 Å². The van der Waals surface area contributed by atoms with Gasteiger partial charge in [-0.2, -0.15) is 8.42 Å². The second-order valence-corrected chi connectivity index (χ2v) is 5.26. The number of carboxylic acids is 1. The van der Waals surface area contributed by atoms with E-state index >= 15 is 0 Å². The summed E-state index contributed by atoms with van der Waals surface area (Å²) < 4.78 is 26.6. The molecule has 1 fully saturated rings. The summed E-state index contributed by atoms with van der Waals surface area (Å²) in [6.45, 7) is -0.725. The molecule has 10 heteroatoms. The largest absolute Gasteiger partial charge is 0.481 e. The van der Waals surface area contributed by atoms with E-state index in [1.807, 2.05) is 0 Å². The van der Waals surface area contributed by atoms with Crippen LogP contribution in [0.15, 0.2) is 0 Å². The van der Waals surface area contributed by atoms with E-state index in [2.05, 4.69) is 4.28 Å². The molecule has 18 heavy (non-hydrogen) atoms. The zero-order valence-electron chi connectivity index (χ0n) is 9.11. The second kappa shape index (κ2) is 5.42. The van der Waals surface area contributed by atoms with Crippen LogP contribution in [0.3, 0.4) is 0 Å². The highest BCUT2D eigenvalue weighted by Crippen LogP contribution is 2.23. The van der Waals surface area contributed by atoms with E-state index < -0.39 is 59.0 Å². The van der Waals surface area contributed by atoms with Crippen molar-refractivity contribution in [1.82, 2.24) is 5.06 Å². The van der Waals surface area contributed by atoms with Crippen molar-refractivity contribution in [2.75, 3.05) is 12.4 Å². The summed E-state index contributed by atoms with van der Waals surface area (Å²) in [6.07, 6.45) is -0.996. The lowest BCUT2D eigenvalue weighted by Gasteiger charge is -2.12. The Balaban J connectivity index is 2.76. The minimum absolute atomic E-state index is 0.0403. The van der Waals surface area contributed by atoms with E-state index in [1.54, 1.807) is 0 Å². The van der Waals surface area contributed by atoms with Crippen LogP contribution in [0.5, 0.6) is 0 Å². The SMILES string of the molecule is O=C(O)CC1CC(=O)N(OS(=O)(=O)CCO)C1=O. The number of aliphatic hydroxyl groups excluding tert-OH is 1. The summed E-state index contributed by atoms with van der Waals surface area (Å²) in [5.74, 6) is -5.11. The summed E-state index contributed by atoms with van der Waals surface area (Å²) >= 11 is 0. The average Bonchev–Trinajstić information content (AvgIpc) is 2.44. The number of hydroxylamine groups is 2. The Morgan fingerprint density at radius 2 is 2.06 bits per heavy atom. The van der Waals surface area contributed by atoms with Crippen LogP contribution < -0.4 is 0 Å². The average molecular weight is 281 g/mol. The molecule has 1 aliphatic rings. The topological polar surface area (TPSA) is 138 Å². The van der Waals surface area contributed by atoms with Gasteiger partial charge in [0.25, 0.3) is 21.9 Å². The van der Waals surface area contributed by atoms with Crippen molar-refractivity contribution in [3.8, 4) is 0 Å². The molecule has 1 heterocycles. The van der Waals surface area contributed by atoms with Crippen LogP contribution in [-0.4, -0.2) is 53.8 Å². The van der Waals surface area contributed by atoms with E-state index in [9.17, 15) is 22.8 Å². The minimum atomic E-state index is -4.25. The molecule has 1 unspecified atom stereocenters. The Morgan fingerprint density at radius 3 is 2.56 bits per heavy atom. The van der Waals surface area contributed by atoms with Crippen LogP contribution in [0, 0.1) is 5.92 Å². The molecule has 2 N–H and O–H groups in total. The second-order valence-electron chi connectivity index (χ2n) is 3.59. The van der Waals surface area contributed by atoms with E-state index in [0.29, 0.717) is 0 Å². The molecule has 0 saturated carbocycles. The zero-order chi connectivity index (χ0) is 13.9. The predicted octanol–water partition coefficient (Wildman–Crippen LogP) is -1.91. The quantitative estimate of drug-likeness (QED) is 0.538. The first kappa shape index (κ1) is 14.5. The van der Waals surface area contributed by atoms with Crippen molar-refractivity contribution in [1.29, 1.82) is 0 Å². The molecule has 0 aromatic rings. The third-order valence-corrected chi connectivity index (χ3v) is 3.21. The third kappa shape index (κ3) is 3.48. The molecule has 0 aromatic heterocycles. The fourth-order valence-electron chi connectivity index (χ4n) is 1.38. The highest BCUT2D eigenvalue weighted by atomic mass is 32.2. The Kier molecular flexibility index (Phi) is 4.38. The molecule has 102 valence electrons. The van der Waals surface area contributed by atoms with Gasteiger partial charge in [0.1, 0.15) is 5.75 Å². The lowest BCUT2D eigenvalue weighted by Crippen LogP contribution is -2.35. The highest BCUT2D eigenvalue weighted by Gasteiger charge is 2.43. The molecule has 0 radical (unpaired) electrons. The molecule has 9 nitrogen and oxygen atoms in total. The van der Waals surface area contributed by atoms with Crippen molar-refractivity contribution in [3.05, 3.63) is 0 Å². The van der Waals surface area contributed by atoms with Crippen molar-refractivity contribution < 1.29 is 37.3 Å². The predicted molar refractivity (Wildman–Crippen MR) is 54.2 cm³/mol. The Hall–Kier alpha value is -1.52. The molecular formula is C8H11NO8S. The van der Waals surface area contributed by atoms with Gasteiger partial charge in [-0.3, -0.25) is 14.4 Å². The van der Waals surface area contributed by atoms with Gasteiger partial charge in [0.2, 0.25) is 0 Å². The number of carboxylic acid groups (broad SMARTS) is 1. The molecule has 1 saturated heterocycles. The maximum atomic E-state index is 11.5. The molecular weight excluding hydrogens is 270 g/mol. The van der Waals surface area contributed by atoms with Gasteiger partial charge >= 0.3 is 5.97 Å². The monoisotopic (exact) mass is 281 g/mol. The Morgan fingerprint density at radius 1 is 1.44 bits per heavy atom. The van der Waals surface area contributed by atoms with Crippen LogP contribution in [0.4, 0.5) is 0 Å². The first-order valence-corrected chi connectivity index (χ1v) is 6.46. The number of hydrogen-bond acceptors (Lipinski definition) is 7. The minimum Gasteiger partial charge on any atom is -0.481 e. The lowest BCUT2D eigenvalue weighted by molar-refractivity contribution is -0.165. The lowest BCUT2D eigenvalue weighted by atomic mass is 10.0. The van der Waals surface area contributed by atoms with Crippen molar-refractivity contribution in [2.45, 2.75) is 12.8 Å². The van der Waals surface area contributed by atoms with Gasteiger partial charge in [-0.25, -0.2) is 0 Å². The van der Waals surface area contributed by atoms with Gasteiger partial charge in [0.15, 0.2) is 0 Å². The fourth-order valence-corrected chi connectivity index (χ4v) is 2.06. The smallest absolute Gasteiger partial charge is 0.304 e. The maximum Gasteiger partial charge on any atom is 0.304 e. The number of hydrogen-bond donors (Lipinski definition) is 2. The number of rotatable bonds is 6. The first-order chi connectivity index (χ1) is 8.26. The molecule has 0 bridgehead atoms. The van der Waals surface area contributed by atoms with E-state index in [-0.39, 0.29) is 5.06 Å². The van der Waals surface area contributed by atoms with Crippen molar-refractivity contribution in [3.63, 3.8) is 0 Å². The number of carbonyl (C=O) groups is 3. The van der Waals surface area contributed by atoms with Crippen LogP contribution in [0.25, 0.3) is 0 Å². The van der Waals surface area contributed by atoms with E-state index in [1.165, 1.54) is 0 Å². The normalized spacial score (nSPS) is 20.5. The third-order valence-electron chi connectivity index (χ3n) is 2.15. The van der Waals surface area contributed by atoms with Crippen molar-refractivity contribution >= 4 is 27.9 Å².